The summed E-state index contributed by atoms with van der Waals surface area (Å²) >= 11 is 1.55. The molecule has 0 aliphatic rings. The zero-order chi connectivity index (χ0) is 7.49. The van der Waals surface area contributed by atoms with Gasteiger partial charge in [0.15, 0.2) is 0 Å². The summed E-state index contributed by atoms with van der Waals surface area (Å²) in [6.45, 7) is 7.20. The van der Waals surface area contributed by atoms with E-state index < -0.39 is 8.07 Å². The monoisotopic (exact) mass is 220 g/mol. The molecule has 0 rings (SSSR count). The summed E-state index contributed by atoms with van der Waals surface area (Å²) < 4.78 is 1.61. The van der Waals surface area contributed by atoms with Crippen LogP contribution in [0.5, 0.6) is 0 Å². The topological polar surface area (TPSA) is 20.2 Å². The van der Waals surface area contributed by atoms with Crippen molar-refractivity contribution in [3.63, 3.8) is 0 Å². The molecule has 0 saturated carbocycles. The Morgan fingerprint density at radius 2 is 2.00 bits per heavy atom. The quantitative estimate of drug-likeness (QED) is 0.704. The van der Waals surface area contributed by atoms with Crippen LogP contribution in [-0.4, -0.2) is 22.6 Å². The Labute approximate surface area is 72.8 Å². The maximum absolute atomic E-state index is 8.68. The van der Waals surface area contributed by atoms with Crippen LogP contribution in [0, 0.1) is 0 Å². The van der Waals surface area contributed by atoms with Crippen LogP contribution in [0.2, 0.25) is 19.1 Å². The number of aliphatic hydroxyl groups is 1. The molecular formula is C6H14OSiZr+2. The Kier molecular flexibility index (Phi) is 4.35. The normalized spacial score (nSPS) is 11.8. The molecule has 0 amide bonds. The third-order valence-electron chi connectivity index (χ3n) is 1.75. The van der Waals surface area contributed by atoms with Gasteiger partial charge in [0.1, 0.15) is 0 Å². The Morgan fingerprint density at radius 1 is 1.56 bits per heavy atom. The van der Waals surface area contributed by atoms with Gasteiger partial charge >= 0.3 is 72.9 Å². The molecule has 0 aromatic heterocycles. The van der Waals surface area contributed by atoms with E-state index in [1.807, 2.05) is 0 Å². The molecule has 0 fully saturated rings. The number of aliphatic hydroxyl groups excluding tert-OH is 1. The predicted octanol–water partition coefficient (Wildman–Crippen LogP) is 0.965. The predicted molar refractivity (Wildman–Crippen MR) is 40.1 cm³/mol. The Balaban J connectivity index is 3.85. The van der Waals surface area contributed by atoms with Crippen LogP contribution in [0.4, 0.5) is 0 Å². The molecule has 3 heteroatoms. The summed E-state index contributed by atoms with van der Waals surface area (Å²) in [7, 11) is -1.07. The minimum atomic E-state index is -1.07. The van der Waals surface area contributed by atoms with Crippen molar-refractivity contribution in [1.82, 2.24) is 0 Å². The van der Waals surface area contributed by atoms with Crippen molar-refractivity contribution in [3.05, 3.63) is 0 Å². The molecule has 0 spiro atoms. The average Bonchev–Trinajstić information content (AvgIpc) is 1.65. The Bertz CT molecular complexity index is 112. The molecule has 1 nitrogen and oxygen atoms in total. The van der Waals surface area contributed by atoms with Gasteiger partial charge < -0.3 is 0 Å². The molecule has 0 aliphatic heterocycles. The summed E-state index contributed by atoms with van der Waals surface area (Å²) in [6.07, 6.45) is 0. The van der Waals surface area contributed by atoms with Crippen LogP contribution < -0.4 is 0 Å². The fourth-order valence-corrected chi connectivity index (χ4v) is 2.32. The van der Waals surface area contributed by atoms with Gasteiger partial charge in [-0.1, -0.05) is 0 Å². The second-order valence-electron chi connectivity index (χ2n) is 2.98. The van der Waals surface area contributed by atoms with E-state index in [4.69, 9.17) is 5.11 Å². The van der Waals surface area contributed by atoms with Crippen molar-refractivity contribution in [2.24, 2.45) is 0 Å². The van der Waals surface area contributed by atoms with E-state index in [9.17, 15) is 0 Å². The molecule has 0 aliphatic carbocycles. The van der Waals surface area contributed by atoms with Crippen LogP contribution in [-0.2, 0) is 24.2 Å². The molecular weight excluding hydrogens is 207 g/mol. The van der Waals surface area contributed by atoms with E-state index >= 15 is 0 Å². The molecule has 50 valence electrons. The van der Waals surface area contributed by atoms with Gasteiger partial charge in [0.05, 0.1) is 0 Å². The van der Waals surface area contributed by atoms with Crippen molar-refractivity contribution in [2.45, 2.75) is 26.1 Å². The van der Waals surface area contributed by atoms with Gasteiger partial charge in [0.25, 0.3) is 0 Å². The van der Waals surface area contributed by atoms with Gasteiger partial charge in [0.2, 0.25) is 0 Å². The van der Waals surface area contributed by atoms with E-state index in [-0.39, 0.29) is 0 Å². The molecule has 0 saturated heterocycles. The van der Waals surface area contributed by atoms with Crippen LogP contribution in [0.1, 0.15) is 6.92 Å². The number of rotatable bonds is 3. The van der Waals surface area contributed by atoms with Gasteiger partial charge in [-0.05, 0) is 0 Å². The zero-order valence-corrected chi connectivity index (χ0v) is 9.82. The minimum absolute atomic E-state index is 0.366. The second-order valence-corrected chi connectivity index (χ2v) is 11.1. The molecule has 0 aromatic carbocycles. The van der Waals surface area contributed by atoms with Gasteiger partial charge in [0, 0.05) is 0 Å². The average molecular weight is 221 g/mol. The van der Waals surface area contributed by atoms with Crippen molar-refractivity contribution in [1.29, 1.82) is 0 Å². The Morgan fingerprint density at radius 3 is 2.11 bits per heavy atom. The molecule has 0 atom stereocenters. The summed E-state index contributed by atoms with van der Waals surface area (Å²) in [5.41, 5.74) is 0. The third-order valence-corrected chi connectivity index (χ3v) is 10.2. The van der Waals surface area contributed by atoms with Crippen LogP contribution >= 0.6 is 0 Å². The SMILES string of the molecule is C[C](=[Zr+2])[Si](C)(C)CCO. The molecule has 1 N–H and O–H groups in total. The first-order valence-electron chi connectivity index (χ1n) is 3.17. The van der Waals surface area contributed by atoms with E-state index in [0.29, 0.717) is 6.61 Å². The Hall–Kier alpha value is 0.930. The van der Waals surface area contributed by atoms with E-state index in [1.165, 1.54) is 0 Å². The fraction of sp³-hybridized carbons (Fsp3) is 0.833. The van der Waals surface area contributed by atoms with Crippen molar-refractivity contribution in [3.8, 4) is 0 Å². The maximum atomic E-state index is 8.68. The molecule has 0 bridgehead atoms. The van der Waals surface area contributed by atoms with Crippen LogP contribution in [0.3, 0.4) is 0 Å². The second kappa shape index (κ2) is 3.95. The van der Waals surface area contributed by atoms with Gasteiger partial charge in [-0.2, -0.15) is 0 Å². The van der Waals surface area contributed by atoms with Gasteiger partial charge in [-0.3, -0.25) is 0 Å². The van der Waals surface area contributed by atoms with Gasteiger partial charge in [-0.25, -0.2) is 0 Å². The molecule has 9 heavy (non-hydrogen) atoms. The van der Waals surface area contributed by atoms with E-state index in [0.717, 1.165) is 6.04 Å². The number of hydrogen-bond acceptors (Lipinski definition) is 1. The van der Waals surface area contributed by atoms with E-state index in [1.54, 1.807) is 27.1 Å². The fourth-order valence-electron chi connectivity index (χ4n) is 0.467. The van der Waals surface area contributed by atoms with E-state index in [2.05, 4.69) is 20.0 Å². The summed E-state index contributed by atoms with van der Waals surface area (Å²) in [5, 5.41) is 8.68. The molecule has 0 heterocycles. The number of hydrogen-bond donors (Lipinski definition) is 1. The first-order chi connectivity index (χ1) is 4.00. The summed E-state index contributed by atoms with van der Waals surface area (Å²) in [5.74, 6) is 0. The third kappa shape index (κ3) is 3.59. The van der Waals surface area contributed by atoms with Crippen LogP contribution in [0.25, 0.3) is 0 Å². The standard InChI is InChI=1S/C6H14OSi.Zr/c1-4-8(2,3)6-5-7;/h7H,5-6H2,1-3H3;/q;+2. The summed E-state index contributed by atoms with van der Waals surface area (Å²) in [6, 6.07) is 1.03. The van der Waals surface area contributed by atoms with Crippen molar-refractivity contribution < 1.29 is 29.3 Å². The molecule has 0 aromatic rings. The van der Waals surface area contributed by atoms with Crippen molar-refractivity contribution >= 4 is 10.9 Å². The molecule has 0 radical (unpaired) electrons. The summed E-state index contributed by atoms with van der Waals surface area (Å²) in [4.78, 5) is 0. The zero-order valence-electron chi connectivity index (χ0n) is 6.36. The first kappa shape index (κ1) is 9.93. The van der Waals surface area contributed by atoms with Gasteiger partial charge in [-0.15, -0.1) is 0 Å². The first-order valence-corrected chi connectivity index (χ1v) is 7.61. The molecule has 0 unspecified atom stereocenters. The van der Waals surface area contributed by atoms with Crippen LogP contribution in [0.15, 0.2) is 0 Å². The van der Waals surface area contributed by atoms with Crippen molar-refractivity contribution in [2.75, 3.05) is 6.61 Å².